The number of carbonyl (C=O) groups excluding carboxylic acids is 1. The minimum atomic E-state index is -4.54. The fourth-order valence-corrected chi connectivity index (χ4v) is 6.82. The molecule has 2 atom stereocenters. The Morgan fingerprint density at radius 1 is 0.542 bits per heavy atom. The van der Waals surface area contributed by atoms with Crippen LogP contribution in [0.1, 0.15) is 181 Å². The molecular formula is C50H90NO7P. The summed E-state index contributed by atoms with van der Waals surface area (Å²) in [6.45, 7) is 5.21. The predicted octanol–water partition coefficient (Wildman–Crippen LogP) is 13.6. The van der Waals surface area contributed by atoms with E-state index < -0.39 is 13.9 Å². The van der Waals surface area contributed by atoms with E-state index >= 15 is 0 Å². The number of likely N-dealkylation sites (N-methyl/N-ethyl adjacent to an activating group) is 1. The van der Waals surface area contributed by atoms with Crippen LogP contribution in [0, 0.1) is 0 Å². The summed E-state index contributed by atoms with van der Waals surface area (Å²) in [7, 11) is 1.32. The third-order valence-electron chi connectivity index (χ3n) is 9.74. The van der Waals surface area contributed by atoms with Crippen molar-refractivity contribution in [2.45, 2.75) is 187 Å². The predicted molar refractivity (Wildman–Crippen MR) is 249 cm³/mol. The molecule has 342 valence electrons. The molecule has 59 heavy (non-hydrogen) atoms. The molecule has 0 rings (SSSR count). The highest BCUT2D eigenvalue weighted by Crippen LogP contribution is 2.38. The topological polar surface area (TPSA) is 94.1 Å². The number of unbranched alkanes of at least 4 members (excludes halogenated alkanes) is 17. The zero-order valence-corrected chi connectivity index (χ0v) is 39.6. The molecule has 8 nitrogen and oxygen atoms in total. The van der Waals surface area contributed by atoms with Crippen molar-refractivity contribution in [3.8, 4) is 0 Å². The van der Waals surface area contributed by atoms with E-state index in [2.05, 4.69) is 86.8 Å². The Morgan fingerprint density at radius 3 is 1.47 bits per heavy atom. The highest BCUT2D eigenvalue weighted by Gasteiger charge is 2.20. The molecule has 0 aliphatic heterocycles. The molecule has 0 saturated carbocycles. The number of phosphoric ester groups is 1. The summed E-state index contributed by atoms with van der Waals surface area (Å²) in [5.41, 5.74) is 0. The molecule has 0 fully saturated rings. The third kappa shape index (κ3) is 46.9. The second kappa shape index (κ2) is 42.6. The third-order valence-corrected chi connectivity index (χ3v) is 10.7. The first-order valence-electron chi connectivity index (χ1n) is 23.7. The molecule has 0 saturated heterocycles. The number of carbonyl (C=O) groups is 1. The van der Waals surface area contributed by atoms with Gasteiger partial charge in [-0.2, -0.15) is 0 Å². The quantitative estimate of drug-likeness (QED) is 0.0198. The van der Waals surface area contributed by atoms with Crippen molar-refractivity contribution in [3.63, 3.8) is 0 Å². The number of rotatable bonds is 43. The molecule has 0 spiro atoms. The van der Waals surface area contributed by atoms with Crippen molar-refractivity contribution < 1.29 is 37.3 Å². The number of esters is 1. The van der Waals surface area contributed by atoms with Crippen molar-refractivity contribution in [3.05, 3.63) is 72.9 Å². The summed E-state index contributed by atoms with van der Waals surface area (Å²) in [5.74, 6) is -0.377. The van der Waals surface area contributed by atoms with Crippen LogP contribution >= 0.6 is 7.82 Å². The lowest BCUT2D eigenvalue weighted by Crippen LogP contribution is -2.37. The van der Waals surface area contributed by atoms with Crippen LogP contribution in [0.5, 0.6) is 0 Å². The Kier molecular flexibility index (Phi) is 41.1. The number of quaternary nitrogens is 1. The van der Waals surface area contributed by atoms with E-state index in [1.54, 1.807) is 0 Å². The molecule has 0 N–H and O–H groups in total. The van der Waals surface area contributed by atoms with E-state index in [-0.39, 0.29) is 32.2 Å². The van der Waals surface area contributed by atoms with Crippen LogP contribution in [0.3, 0.4) is 0 Å². The van der Waals surface area contributed by atoms with Crippen LogP contribution in [0.2, 0.25) is 0 Å². The summed E-state index contributed by atoms with van der Waals surface area (Å²) in [6.07, 6.45) is 55.0. The largest absolute Gasteiger partial charge is 0.756 e. The number of hydrogen-bond acceptors (Lipinski definition) is 7. The molecule has 2 unspecified atom stereocenters. The van der Waals surface area contributed by atoms with Gasteiger partial charge in [-0.3, -0.25) is 9.36 Å². The van der Waals surface area contributed by atoms with Crippen molar-refractivity contribution in [1.29, 1.82) is 0 Å². The van der Waals surface area contributed by atoms with Crippen LogP contribution in [-0.4, -0.2) is 70.7 Å². The van der Waals surface area contributed by atoms with Gasteiger partial charge in [-0.15, -0.1) is 0 Å². The standard InChI is InChI=1S/C50H90NO7P/c1-6-8-10-12-14-16-18-20-22-23-24-25-26-27-28-30-32-34-36-38-40-42-45-55-47-49(48-57-59(53,54)56-46-44-51(3,4)5)58-50(52)43-41-39-37-35-33-31-29-21-19-17-15-13-11-9-7-2/h9,11,15,17-18,20-21,23-24,29,33,35,49H,6-8,10,12-14,16,19,22,25-28,30-32,34,36-48H2,1-5H3/b11-9-,17-15-,20-18-,24-23-,29-21-,35-33-. The van der Waals surface area contributed by atoms with Crippen molar-refractivity contribution in [1.82, 2.24) is 0 Å². The van der Waals surface area contributed by atoms with Crippen LogP contribution in [0.4, 0.5) is 0 Å². The lowest BCUT2D eigenvalue weighted by molar-refractivity contribution is -0.870. The fraction of sp³-hybridized carbons (Fsp3) is 0.740. The van der Waals surface area contributed by atoms with Gasteiger partial charge in [0, 0.05) is 13.0 Å². The smallest absolute Gasteiger partial charge is 0.306 e. The van der Waals surface area contributed by atoms with Crippen LogP contribution in [0.25, 0.3) is 0 Å². The van der Waals surface area contributed by atoms with Gasteiger partial charge < -0.3 is 27.9 Å². The van der Waals surface area contributed by atoms with Crippen molar-refractivity contribution in [2.24, 2.45) is 0 Å². The van der Waals surface area contributed by atoms with E-state index in [1.807, 2.05) is 21.1 Å². The zero-order chi connectivity index (χ0) is 43.4. The molecule has 0 aliphatic rings. The highest BCUT2D eigenvalue weighted by atomic mass is 31.2. The van der Waals surface area contributed by atoms with Crippen LogP contribution in [-0.2, 0) is 27.9 Å². The van der Waals surface area contributed by atoms with Crippen LogP contribution < -0.4 is 4.89 Å². The van der Waals surface area contributed by atoms with Gasteiger partial charge in [-0.1, -0.05) is 164 Å². The Labute approximate surface area is 363 Å². The lowest BCUT2D eigenvalue weighted by Gasteiger charge is -2.28. The molecule has 0 amide bonds. The minimum Gasteiger partial charge on any atom is -0.756 e. The molecule has 0 aromatic rings. The minimum absolute atomic E-state index is 0.0140. The summed E-state index contributed by atoms with van der Waals surface area (Å²) in [4.78, 5) is 25.1. The maximum Gasteiger partial charge on any atom is 0.306 e. The Balaban J connectivity index is 4.23. The molecule has 0 radical (unpaired) electrons. The maximum atomic E-state index is 12.7. The number of allylic oxidation sites excluding steroid dienone is 12. The first-order valence-corrected chi connectivity index (χ1v) is 25.1. The number of nitrogens with zero attached hydrogens (tertiary/aromatic N) is 1. The van der Waals surface area contributed by atoms with Gasteiger partial charge in [-0.25, -0.2) is 0 Å². The van der Waals surface area contributed by atoms with Gasteiger partial charge in [0.25, 0.3) is 7.82 Å². The first kappa shape index (κ1) is 56.9. The number of phosphoric acid groups is 1. The highest BCUT2D eigenvalue weighted by molar-refractivity contribution is 7.45. The second-order valence-corrected chi connectivity index (χ2v) is 18.1. The summed E-state index contributed by atoms with van der Waals surface area (Å²) < 4.78 is 34.6. The van der Waals surface area contributed by atoms with Gasteiger partial charge in [0.15, 0.2) is 0 Å². The summed E-state index contributed by atoms with van der Waals surface area (Å²) >= 11 is 0. The lowest BCUT2D eigenvalue weighted by atomic mass is 10.1. The average molecular weight is 848 g/mol. The first-order chi connectivity index (χ1) is 28.6. The van der Waals surface area contributed by atoms with Gasteiger partial charge in [0.05, 0.1) is 34.4 Å². The second-order valence-electron chi connectivity index (χ2n) is 16.7. The van der Waals surface area contributed by atoms with Gasteiger partial charge in [0.1, 0.15) is 19.3 Å². The van der Waals surface area contributed by atoms with Gasteiger partial charge in [-0.05, 0) is 83.5 Å². The summed E-state index contributed by atoms with van der Waals surface area (Å²) in [5, 5.41) is 0. The van der Waals surface area contributed by atoms with Crippen LogP contribution in [0.15, 0.2) is 72.9 Å². The molecule has 0 bridgehead atoms. The Bertz CT molecular complexity index is 1170. The molecule has 9 heteroatoms. The Hall–Kier alpha value is -2.06. The van der Waals surface area contributed by atoms with Crippen molar-refractivity contribution in [2.75, 3.05) is 54.1 Å². The maximum absolute atomic E-state index is 12.7. The molecule has 0 aliphatic carbocycles. The molecule has 0 heterocycles. The number of hydrogen-bond donors (Lipinski definition) is 0. The van der Waals surface area contributed by atoms with E-state index in [9.17, 15) is 14.3 Å². The zero-order valence-electron chi connectivity index (χ0n) is 38.7. The van der Waals surface area contributed by atoms with E-state index in [0.717, 1.165) is 57.8 Å². The normalized spacial score (nSPS) is 14.3. The monoisotopic (exact) mass is 848 g/mol. The number of ether oxygens (including phenoxy) is 2. The van der Waals surface area contributed by atoms with Gasteiger partial charge in [0.2, 0.25) is 0 Å². The van der Waals surface area contributed by atoms with Crippen molar-refractivity contribution >= 4 is 13.8 Å². The van der Waals surface area contributed by atoms with Gasteiger partial charge >= 0.3 is 5.97 Å². The molecule has 0 aromatic heterocycles. The van der Waals surface area contributed by atoms with E-state index in [1.165, 1.54) is 96.3 Å². The fourth-order valence-electron chi connectivity index (χ4n) is 6.10. The molecular weight excluding hydrogens is 758 g/mol. The SMILES string of the molecule is CC/C=C\C/C=C\C/C=C\C/C=C\CCCCC(=O)OC(COCCCCCCCCCCCC/C=C\C/C=C\CCCCCCC)COP(=O)([O-])OCC[N+](C)(C)C. The Morgan fingerprint density at radius 2 is 0.983 bits per heavy atom. The average Bonchev–Trinajstić information content (AvgIpc) is 3.19. The van der Waals surface area contributed by atoms with E-state index in [0.29, 0.717) is 24.1 Å². The van der Waals surface area contributed by atoms with E-state index in [4.69, 9.17) is 18.5 Å². The molecule has 0 aromatic carbocycles. The summed E-state index contributed by atoms with van der Waals surface area (Å²) in [6, 6.07) is 0.